The number of hydrogen-bond acceptors (Lipinski definition) is 5. The highest BCUT2D eigenvalue weighted by Gasteiger charge is 2.12. The van der Waals surface area contributed by atoms with Crippen molar-refractivity contribution in [2.75, 3.05) is 0 Å². The summed E-state index contributed by atoms with van der Waals surface area (Å²) in [6.07, 6.45) is 0. The molecule has 1 aromatic carbocycles. The lowest BCUT2D eigenvalue weighted by Gasteiger charge is -1.96. The third kappa shape index (κ3) is 2.33. The molecule has 0 atom stereocenters. The van der Waals surface area contributed by atoms with Crippen LogP contribution in [0.2, 0.25) is 5.02 Å². The Hall–Kier alpha value is -2.47. The fraction of sp³-hybridized carbons (Fsp3) is 0.0769. The largest absolute Gasteiger partial charge is 0.332 e. The number of nitrogens with zero attached hydrogens (tertiary/aromatic N) is 4. The van der Waals surface area contributed by atoms with Gasteiger partial charge in [0.1, 0.15) is 5.69 Å². The van der Waals surface area contributed by atoms with Gasteiger partial charge in [0.15, 0.2) is 0 Å². The Kier molecular flexibility index (Phi) is 3.08. The molecule has 0 amide bonds. The van der Waals surface area contributed by atoms with Crippen molar-refractivity contribution in [2.45, 2.75) is 0 Å². The lowest BCUT2D eigenvalue weighted by Crippen LogP contribution is -2.18. The van der Waals surface area contributed by atoms with E-state index in [2.05, 4.69) is 15.2 Å². The van der Waals surface area contributed by atoms with Crippen LogP contribution in [0.4, 0.5) is 0 Å². The summed E-state index contributed by atoms with van der Waals surface area (Å²) >= 11 is 5.92. The maximum atomic E-state index is 11.3. The Bertz CT molecular complexity index is 825. The first-order valence-corrected chi connectivity index (χ1v) is 6.16. The van der Waals surface area contributed by atoms with Crippen molar-refractivity contribution in [3.05, 3.63) is 51.8 Å². The van der Waals surface area contributed by atoms with Crippen LogP contribution in [0.5, 0.6) is 0 Å². The highest BCUT2D eigenvalue weighted by atomic mass is 35.5. The molecule has 0 aliphatic heterocycles. The van der Waals surface area contributed by atoms with E-state index in [0.29, 0.717) is 16.5 Å². The van der Waals surface area contributed by atoms with Gasteiger partial charge < -0.3 is 4.52 Å². The molecule has 0 fully saturated rings. The SMILES string of the molecule is Cn1nc(-c2nc(-c3cccc(Cl)c3)no2)ccc1=O. The Morgan fingerprint density at radius 2 is 2.10 bits per heavy atom. The molecule has 0 unspecified atom stereocenters. The average Bonchev–Trinajstić information content (AvgIpc) is 2.92. The van der Waals surface area contributed by atoms with Crippen LogP contribution in [0.3, 0.4) is 0 Å². The summed E-state index contributed by atoms with van der Waals surface area (Å²) in [6, 6.07) is 10.1. The molecule has 7 heteroatoms. The monoisotopic (exact) mass is 288 g/mol. The molecule has 2 aromatic heterocycles. The van der Waals surface area contributed by atoms with Gasteiger partial charge in [0, 0.05) is 23.7 Å². The number of rotatable bonds is 2. The molecule has 0 bridgehead atoms. The Morgan fingerprint density at radius 3 is 2.85 bits per heavy atom. The van der Waals surface area contributed by atoms with E-state index in [0.717, 1.165) is 5.56 Å². The first-order chi connectivity index (χ1) is 9.63. The second-order valence-electron chi connectivity index (χ2n) is 4.11. The first-order valence-electron chi connectivity index (χ1n) is 5.78. The standard InChI is InChI=1S/C13H9ClN4O2/c1-18-11(19)6-5-10(16-18)13-15-12(17-20-13)8-3-2-4-9(14)7-8/h2-7H,1H3. The van der Waals surface area contributed by atoms with Gasteiger partial charge in [0.25, 0.3) is 11.4 Å². The predicted octanol–water partition coefficient (Wildman–Crippen LogP) is 2.15. The molecule has 20 heavy (non-hydrogen) atoms. The van der Waals surface area contributed by atoms with Crippen molar-refractivity contribution in [1.82, 2.24) is 19.9 Å². The van der Waals surface area contributed by atoms with Gasteiger partial charge in [0.05, 0.1) is 0 Å². The van der Waals surface area contributed by atoms with Gasteiger partial charge in [-0.15, -0.1) is 0 Å². The number of aryl methyl sites for hydroxylation is 1. The summed E-state index contributed by atoms with van der Waals surface area (Å²) < 4.78 is 6.36. The zero-order chi connectivity index (χ0) is 14.1. The second-order valence-corrected chi connectivity index (χ2v) is 4.55. The molecule has 0 saturated carbocycles. The summed E-state index contributed by atoms with van der Waals surface area (Å²) in [5.41, 5.74) is 0.980. The molecule has 0 saturated heterocycles. The van der Waals surface area contributed by atoms with E-state index < -0.39 is 0 Å². The zero-order valence-electron chi connectivity index (χ0n) is 10.4. The highest BCUT2D eigenvalue weighted by molar-refractivity contribution is 6.30. The van der Waals surface area contributed by atoms with Crippen LogP contribution < -0.4 is 5.56 Å². The average molecular weight is 289 g/mol. The third-order valence-electron chi connectivity index (χ3n) is 2.69. The van der Waals surface area contributed by atoms with Gasteiger partial charge in [-0.25, -0.2) is 4.68 Å². The molecule has 0 aliphatic rings. The molecule has 2 heterocycles. The summed E-state index contributed by atoms with van der Waals surface area (Å²) in [5.74, 6) is 0.661. The summed E-state index contributed by atoms with van der Waals surface area (Å²) in [4.78, 5) is 15.5. The van der Waals surface area contributed by atoms with Crippen molar-refractivity contribution in [3.8, 4) is 23.0 Å². The molecule has 0 aliphatic carbocycles. The van der Waals surface area contributed by atoms with E-state index in [1.54, 1.807) is 25.2 Å². The van der Waals surface area contributed by atoms with Crippen molar-refractivity contribution < 1.29 is 4.52 Å². The molecular weight excluding hydrogens is 280 g/mol. The fourth-order valence-corrected chi connectivity index (χ4v) is 1.88. The molecule has 0 N–H and O–H groups in total. The van der Waals surface area contributed by atoms with Crippen molar-refractivity contribution in [2.24, 2.45) is 7.05 Å². The smallest absolute Gasteiger partial charge is 0.278 e. The number of halogens is 1. The van der Waals surface area contributed by atoms with Crippen LogP contribution in [0.25, 0.3) is 23.0 Å². The van der Waals surface area contributed by atoms with Crippen molar-refractivity contribution in [1.29, 1.82) is 0 Å². The third-order valence-corrected chi connectivity index (χ3v) is 2.92. The second kappa shape index (κ2) is 4.90. The normalized spacial score (nSPS) is 10.7. The Balaban J connectivity index is 2.01. The van der Waals surface area contributed by atoms with Gasteiger partial charge in [-0.3, -0.25) is 4.79 Å². The van der Waals surface area contributed by atoms with Crippen LogP contribution in [-0.4, -0.2) is 19.9 Å². The van der Waals surface area contributed by atoms with E-state index in [9.17, 15) is 4.79 Å². The van der Waals surface area contributed by atoms with Gasteiger partial charge in [-0.2, -0.15) is 10.1 Å². The summed E-state index contributed by atoms with van der Waals surface area (Å²) in [5, 5.41) is 8.53. The lowest BCUT2D eigenvalue weighted by atomic mass is 10.2. The maximum absolute atomic E-state index is 11.3. The molecule has 3 aromatic rings. The van der Waals surface area contributed by atoms with Gasteiger partial charge >= 0.3 is 0 Å². The number of aromatic nitrogens is 4. The van der Waals surface area contributed by atoms with Crippen LogP contribution in [0.15, 0.2) is 45.7 Å². The summed E-state index contributed by atoms with van der Waals surface area (Å²) in [7, 11) is 1.56. The highest BCUT2D eigenvalue weighted by Crippen LogP contribution is 2.22. The fourth-order valence-electron chi connectivity index (χ4n) is 1.69. The van der Waals surface area contributed by atoms with Gasteiger partial charge in [-0.1, -0.05) is 28.9 Å². The van der Waals surface area contributed by atoms with E-state index in [1.807, 2.05) is 6.07 Å². The quantitative estimate of drug-likeness (QED) is 0.722. The van der Waals surface area contributed by atoms with E-state index >= 15 is 0 Å². The summed E-state index contributed by atoms with van der Waals surface area (Å²) in [6.45, 7) is 0. The van der Waals surface area contributed by atoms with Crippen LogP contribution in [0, 0.1) is 0 Å². The molecule has 3 rings (SSSR count). The van der Waals surface area contributed by atoms with Crippen LogP contribution in [-0.2, 0) is 7.05 Å². The minimum Gasteiger partial charge on any atom is -0.332 e. The number of benzene rings is 1. The van der Waals surface area contributed by atoms with Crippen LogP contribution in [0.1, 0.15) is 0 Å². The maximum Gasteiger partial charge on any atom is 0.278 e. The Labute approximate surface area is 118 Å². The van der Waals surface area contributed by atoms with Crippen molar-refractivity contribution in [3.63, 3.8) is 0 Å². The zero-order valence-corrected chi connectivity index (χ0v) is 11.2. The molecule has 6 nitrogen and oxygen atoms in total. The molecule has 0 radical (unpaired) electrons. The van der Waals surface area contributed by atoms with Crippen molar-refractivity contribution >= 4 is 11.6 Å². The van der Waals surface area contributed by atoms with Gasteiger partial charge in [0.2, 0.25) is 5.82 Å². The van der Waals surface area contributed by atoms with E-state index in [1.165, 1.54) is 16.8 Å². The molecule has 100 valence electrons. The minimum atomic E-state index is -0.205. The van der Waals surface area contributed by atoms with Crippen LogP contribution >= 0.6 is 11.6 Å². The molecular formula is C13H9ClN4O2. The Morgan fingerprint density at radius 1 is 1.25 bits per heavy atom. The first kappa shape index (κ1) is 12.6. The van der Waals surface area contributed by atoms with E-state index in [-0.39, 0.29) is 11.4 Å². The molecule has 0 spiro atoms. The van der Waals surface area contributed by atoms with E-state index in [4.69, 9.17) is 16.1 Å². The minimum absolute atomic E-state index is 0.205. The predicted molar refractivity (Wildman–Crippen MR) is 73.2 cm³/mol. The lowest BCUT2D eigenvalue weighted by molar-refractivity contribution is 0.429. The van der Waals surface area contributed by atoms with Gasteiger partial charge in [-0.05, 0) is 18.2 Å². The number of hydrogen-bond donors (Lipinski definition) is 0. The topological polar surface area (TPSA) is 73.8 Å².